The van der Waals surface area contributed by atoms with Crippen molar-refractivity contribution in [1.82, 2.24) is 10.3 Å². The van der Waals surface area contributed by atoms with Crippen molar-refractivity contribution in [3.63, 3.8) is 0 Å². The third kappa shape index (κ3) is 1.98. The quantitative estimate of drug-likeness (QED) is 0.830. The Morgan fingerprint density at radius 2 is 2.43 bits per heavy atom. The molecular formula is C11H18N2S. The van der Waals surface area contributed by atoms with Crippen molar-refractivity contribution >= 4 is 11.3 Å². The molecule has 3 heteroatoms. The molecular weight excluding hydrogens is 192 g/mol. The second-order valence-corrected chi connectivity index (χ2v) is 5.18. The van der Waals surface area contributed by atoms with Gasteiger partial charge in [0, 0.05) is 10.9 Å². The third-order valence-electron chi connectivity index (χ3n) is 2.70. The Morgan fingerprint density at radius 3 is 3.21 bits per heavy atom. The van der Waals surface area contributed by atoms with Crippen LogP contribution in [0.15, 0.2) is 0 Å². The highest BCUT2D eigenvalue weighted by Gasteiger charge is 2.22. The van der Waals surface area contributed by atoms with Crippen molar-refractivity contribution in [2.45, 2.75) is 45.6 Å². The Kier molecular flexibility index (Phi) is 3.19. The van der Waals surface area contributed by atoms with Crippen LogP contribution in [0.25, 0.3) is 0 Å². The van der Waals surface area contributed by atoms with E-state index in [2.05, 4.69) is 24.1 Å². The first-order valence-corrected chi connectivity index (χ1v) is 6.32. The van der Waals surface area contributed by atoms with Gasteiger partial charge in [0.2, 0.25) is 0 Å². The fourth-order valence-corrected chi connectivity index (χ4v) is 3.14. The molecule has 78 valence electrons. The van der Waals surface area contributed by atoms with Crippen LogP contribution in [0.1, 0.15) is 47.8 Å². The van der Waals surface area contributed by atoms with E-state index in [1.807, 2.05) is 11.3 Å². The largest absolute Gasteiger partial charge is 0.309 e. The Hall–Kier alpha value is -0.410. The molecule has 1 aromatic rings. The summed E-state index contributed by atoms with van der Waals surface area (Å²) in [5.74, 6) is 0. The Morgan fingerprint density at radius 1 is 1.57 bits per heavy atom. The highest BCUT2D eigenvalue weighted by Crippen LogP contribution is 2.33. The van der Waals surface area contributed by atoms with Gasteiger partial charge < -0.3 is 5.32 Å². The zero-order chi connectivity index (χ0) is 9.97. The lowest BCUT2D eigenvalue weighted by Crippen LogP contribution is -2.24. The fourth-order valence-electron chi connectivity index (χ4n) is 2.06. The monoisotopic (exact) mass is 210 g/mol. The lowest BCUT2D eigenvalue weighted by Gasteiger charge is -2.22. The zero-order valence-corrected chi connectivity index (χ0v) is 9.78. The number of fused-ring (bicyclic) bond motifs is 1. The predicted octanol–water partition coefficient (Wildman–Crippen LogP) is 2.83. The van der Waals surface area contributed by atoms with E-state index in [0.29, 0.717) is 6.04 Å². The normalized spacial score (nSPS) is 20.9. The van der Waals surface area contributed by atoms with Crippen LogP contribution in [-0.2, 0) is 6.42 Å². The maximum absolute atomic E-state index is 4.59. The van der Waals surface area contributed by atoms with Crippen molar-refractivity contribution in [3.8, 4) is 0 Å². The summed E-state index contributed by atoms with van der Waals surface area (Å²) in [4.78, 5) is 6.09. The van der Waals surface area contributed by atoms with E-state index in [4.69, 9.17) is 0 Å². The molecule has 0 bridgehead atoms. The summed E-state index contributed by atoms with van der Waals surface area (Å²) in [5, 5.41) is 4.83. The first-order chi connectivity index (χ1) is 6.81. The summed E-state index contributed by atoms with van der Waals surface area (Å²) >= 11 is 1.88. The number of thiazole rings is 1. The number of rotatable bonds is 3. The molecule has 1 atom stereocenters. The van der Waals surface area contributed by atoms with Gasteiger partial charge in [-0.3, -0.25) is 0 Å². The molecule has 0 spiro atoms. The summed E-state index contributed by atoms with van der Waals surface area (Å²) in [6, 6.07) is 0.588. The SMILES string of the molecule is CCCNC1CCCc2nc(C)sc21. The van der Waals surface area contributed by atoms with Crippen molar-refractivity contribution in [2.75, 3.05) is 6.54 Å². The molecule has 0 aliphatic heterocycles. The van der Waals surface area contributed by atoms with Crippen molar-refractivity contribution in [2.24, 2.45) is 0 Å². The van der Waals surface area contributed by atoms with Gasteiger partial charge in [-0.05, 0) is 39.2 Å². The van der Waals surface area contributed by atoms with Crippen molar-refractivity contribution in [3.05, 3.63) is 15.6 Å². The average Bonchev–Trinajstić information content (AvgIpc) is 2.55. The van der Waals surface area contributed by atoms with Gasteiger partial charge in [0.15, 0.2) is 0 Å². The highest BCUT2D eigenvalue weighted by molar-refractivity contribution is 7.11. The van der Waals surface area contributed by atoms with E-state index in [-0.39, 0.29) is 0 Å². The molecule has 0 radical (unpaired) electrons. The summed E-state index contributed by atoms with van der Waals surface area (Å²) in [7, 11) is 0. The maximum Gasteiger partial charge on any atom is 0.0900 e. The van der Waals surface area contributed by atoms with E-state index < -0.39 is 0 Å². The van der Waals surface area contributed by atoms with Crippen LogP contribution in [0.2, 0.25) is 0 Å². The van der Waals surface area contributed by atoms with E-state index in [1.165, 1.54) is 41.3 Å². The standard InChI is InChI=1S/C11H18N2S/c1-3-7-12-9-5-4-6-10-11(9)14-8(2)13-10/h9,12H,3-7H2,1-2H3. The van der Waals surface area contributed by atoms with Gasteiger partial charge >= 0.3 is 0 Å². The zero-order valence-electron chi connectivity index (χ0n) is 8.97. The minimum atomic E-state index is 0.588. The first-order valence-electron chi connectivity index (χ1n) is 5.51. The summed E-state index contributed by atoms with van der Waals surface area (Å²) in [6.07, 6.45) is 4.97. The summed E-state index contributed by atoms with van der Waals surface area (Å²) in [5.41, 5.74) is 1.35. The minimum absolute atomic E-state index is 0.588. The Labute approximate surface area is 89.8 Å². The third-order valence-corrected chi connectivity index (χ3v) is 3.82. The average molecular weight is 210 g/mol. The van der Waals surface area contributed by atoms with Crippen LogP contribution < -0.4 is 5.32 Å². The molecule has 1 heterocycles. The Balaban J connectivity index is 2.13. The molecule has 1 unspecified atom stereocenters. The van der Waals surface area contributed by atoms with Crippen LogP contribution in [0.4, 0.5) is 0 Å². The van der Waals surface area contributed by atoms with Gasteiger partial charge in [0.05, 0.1) is 10.7 Å². The van der Waals surface area contributed by atoms with Gasteiger partial charge in [-0.15, -0.1) is 11.3 Å². The molecule has 1 aromatic heterocycles. The number of nitrogens with zero attached hydrogens (tertiary/aromatic N) is 1. The van der Waals surface area contributed by atoms with Crippen LogP contribution in [-0.4, -0.2) is 11.5 Å². The first kappa shape index (κ1) is 10.1. The van der Waals surface area contributed by atoms with Crippen molar-refractivity contribution in [1.29, 1.82) is 0 Å². The molecule has 1 aliphatic rings. The molecule has 1 aliphatic carbocycles. The van der Waals surface area contributed by atoms with Crippen LogP contribution in [0, 0.1) is 6.92 Å². The van der Waals surface area contributed by atoms with E-state index in [0.717, 1.165) is 6.54 Å². The van der Waals surface area contributed by atoms with Crippen LogP contribution >= 0.6 is 11.3 Å². The van der Waals surface area contributed by atoms with E-state index in [9.17, 15) is 0 Å². The topological polar surface area (TPSA) is 24.9 Å². The fraction of sp³-hybridized carbons (Fsp3) is 0.727. The molecule has 2 nitrogen and oxygen atoms in total. The summed E-state index contributed by atoms with van der Waals surface area (Å²) < 4.78 is 0. The molecule has 0 amide bonds. The predicted molar refractivity (Wildman–Crippen MR) is 60.8 cm³/mol. The number of nitrogens with one attached hydrogen (secondary N) is 1. The lowest BCUT2D eigenvalue weighted by atomic mass is 9.98. The van der Waals surface area contributed by atoms with Crippen LogP contribution in [0.5, 0.6) is 0 Å². The minimum Gasteiger partial charge on any atom is -0.309 e. The molecule has 0 saturated carbocycles. The molecule has 2 rings (SSSR count). The molecule has 1 N–H and O–H groups in total. The molecule has 0 aromatic carbocycles. The highest BCUT2D eigenvalue weighted by atomic mass is 32.1. The smallest absolute Gasteiger partial charge is 0.0900 e. The van der Waals surface area contributed by atoms with E-state index in [1.54, 1.807) is 0 Å². The maximum atomic E-state index is 4.59. The number of hydrogen-bond acceptors (Lipinski definition) is 3. The van der Waals surface area contributed by atoms with Gasteiger partial charge in [0.25, 0.3) is 0 Å². The second-order valence-electron chi connectivity index (χ2n) is 3.94. The molecule has 0 fully saturated rings. The van der Waals surface area contributed by atoms with Gasteiger partial charge in [0.1, 0.15) is 0 Å². The Bertz CT molecular complexity index is 306. The lowest BCUT2D eigenvalue weighted by molar-refractivity contribution is 0.464. The number of aromatic nitrogens is 1. The number of hydrogen-bond donors (Lipinski definition) is 1. The molecule has 14 heavy (non-hydrogen) atoms. The van der Waals surface area contributed by atoms with Gasteiger partial charge in [-0.25, -0.2) is 4.98 Å². The van der Waals surface area contributed by atoms with Crippen molar-refractivity contribution < 1.29 is 0 Å². The molecule has 0 saturated heterocycles. The second kappa shape index (κ2) is 4.41. The van der Waals surface area contributed by atoms with Gasteiger partial charge in [-0.1, -0.05) is 6.92 Å². The van der Waals surface area contributed by atoms with Crippen LogP contribution in [0.3, 0.4) is 0 Å². The summed E-state index contributed by atoms with van der Waals surface area (Å²) in [6.45, 7) is 5.45. The van der Waals surface area contributed by atoms with E-state index >= 15 is 0 Å². The van der Waals surface area contributed by atoms with Gasteiger partial charge in [-0.2, -0.15) is 0 Å². The number of aryl methyl sites for hydroxylation is 2.